The van der Waals surface area contributed by atoms with Crippen molar-refractivity contribution in [2.24, 2.45) is 0 Å². The molecule has 0 spiro atoms. The highest BCUT2D eigenvalue weighted by Crippen LogP contribution is 2.19. The van der Waals surface area contributed by atoms with Gasteiger partial charge in [0.1, 0.15) is 0 Å². The predicted molar refractivity (Wildman–Crippen MR) is 166 cm³/mol. The number of rotatable bonds is 0. The number of anilines is 3. The van der Waals surface area contributed by atoms with E-state index in [1.54, 1.807) is 0 Å². The summed E-state index contributed by atoms with van der Waals surface area (Å²) in [5.41, 5.74) is 31.2. The lowest BCUT2D eigenvalue weighted by molar-refractivity contribution is 1.27. The van der Waals surface area contributed by atoms with Gasteiger partial charge in [0, 0.05) is 17.1 Å². The van der Waals surface area contributed by atoms with Crippen molar-refractivity contribution in [2.75, 3.05) is 17.2 Å². The zero-order chi connectivity index (χ0) is 23.2. The van der Waals surface area contributed by atoms with Crippen LogP contribution in [0.5, 0.6) is 0 Å². The van der Waals surface area contributed by atoms with Crippen LogP contribution in [0.15, 0.2) is 36.4 Å². The van der Waals surface area contributed by atoms with Gasteiger partial charge in [0.15, 0.2) is 0 Å². The number of aryl methyl sites for hydroxylation is 3. The summed E-state index contributed by atoms with van der Waals surface area (Å²) >= 11 is 0. The zero-order valence-corrected chi connectivity index (χ0v) is 26.6. The lowest BCUT2D eigenvalue weighted by atomic mass is 10.0. The third-order valence-corrected chi connectivity index (χ3v) is 6.30. The number of nitrogen functional groups attached to an aromatic ring is 3. The van der Waals surface area contributed by atoms with Crippen LogP contribution in [-0.2, 0) is 0 Å². The second-order valence-corrected chi connectivity index (χ2v) is 8.17. The Labute approximate surface area is 232 Å². The minimum Gasteiger partial charge on any atom is -0.399 e. The third-order valence-electron chi connectivity index (χ3n) is 6.30. The maximum atomic E-state index is 5.69. The Bertz CT molecular complexity index is 819. The van der Waals surface area contributed by atoms with Crippen LogP contribution in [0, 0.1) is 62.3 Å². The Morgan fingerprint density at radius 2 is 0.515 bits per heavy atom. The molecule has 33 heavy (non-hydrogen) atoms. The molecule has 186 valence electrons. The van der Waals surface area contributed by atoms with Crippen LogP contribution < -0.4 is 17.2 Å². The van der Waals surface area contributed by atoms with Gasteiger partial charge in [-0.25, -0.2) is 0 Å². The van der Waals surface area contributed by atoms with Gasteiger partial charge in [0.25, 0.3) is 0 Å². The number of hydrogen-bond acceptors (Lipinski definition) is 3. The molecule has 6 heteroatoms. The summed E-state index contributed by atoms with van der Waals surface area (Å²) in [6, 6.07) is 12.0. The molecular weight excluding hydrogens is 606 g/mol. The molecule has 0 aliphatic rings. The second kappa shape index (κ2) is 16.2. The number of halogens is 3. The Balaban J connectivity index is -0.000000391. The highest BCUT2D eigenvalue weighted by atomic mass is 79.9. The molecule has 0 unspecified atom stereocenters. The molecule has 0 saturated heterocycles. The van der Waals surface area contributed by atoms with Gasteiger partial charge in [-0.1, -0.05) is 18.2 Å². The minimum atomic E-state index is 0. The van der Waals surface area contributed by atoms with Crippen LogP contribution in [0.1, 0.15) is 50.1 Å². The van der Waals surface area contributed by atoms with Gasteiger partial charge in [-0.3, -0.25) is 0 Å². The van der Waals surface area contributed by atoms with E-state index in [0.717, 1.165) is 17.1 Å². The average molecular weight is 648 g/mol. The molecule has 3 aromatic carbocycles. The third kappa shape index (κ3) is 10.1. The Morgan fingerprint density at radius 1 is 0.333 bits per heavy atom. The van der Waals surface area contributed by atoms with E-state index in [1.165, 1.54) is 50.1 Å². The van der Waals surface area contributed by atoms with Crippen LogP contribution in [0.3, 0.4) is 0 Å². The van der Waals surface area contributed by atoms with Gasteiger partial charge in [0.05, 0.1) is 0 Å². The summed E-state index contributed by atoms with van der Waals surface area (Å²) < 4.78 is 0. The van der Waals surface area contributed by atoms with Crippen LogP contribution in [0.4, 0.5) is 17.1 Å². The lowest BCUT2D eigenvalue weighted by Gasteiger charge is -2.05. The molecule has 3 rings (SSSR count). The van der Waals surface area contributed by atoms with Crippen molar-refractivity contribution in [3.05, 3.63) is 86.5 Å². The van der Waals surface area contributed by atoms with E-state index >= 15 is 0 Å². The molecule has 0 aromatic heterocycles. The molecule has 0 heterocycles. The van der Waals surface area contributed by atoms with Crippen molar-refractivity contribution in [1.29, 1.82) is 0 Å². The molecule has 0 saturated carbocycles. The molecule has 0 aliphatic heterocycles. The van der Waals surface area contributed by atoms with E-state index in [2.05, 4.69) is 80.5 Å². The van der Waals surface area contributed by atoms with Crippen LogP contribution in [0.2, 0.25) is 0 Å². The summed E-state index contributed by atoms with van der Waals surface area (Å²) in [4.78, 5) is 0. The van der Waals surface area contributed by atoms with Gasteiger partial charge >= 0.3 is 0 Å². The first-order valence-corrected chi connectivity index (χ1v) is 10.3. The van der Waals surface area contributed by atoms with Gasteiger partial charge < -0.3 is 17.2 Å². The fourth-order valence-corrected chi connectivity index (χ4v) is 2.93. The summed E-state index contributed by atoms with van der Waals surface area (Å²) in [7, 11) is 0. The summed E-state index contributed by atoms with van der Waals surface area (Å²) in [6.07, 6.45) is 0. The monoisotopic (exact) mass is 645 g/mol. The Hall–Kier alpha value is -1.50. The van der Waals surface area contributed by atoms with Crippen molar-refractivity contribution >= 4 is 68.0 Å². The maximum absolute atomic E-state index is 5.69. The number of benzene rings is 3. The maximum Gasteiger partial charge on any atom is 0.0346 e. The van der Waals surface area contributed by atoms with E-state index in [1.807, 2.05) is 18.2 Å². The highest BCUT2D eigenvalue weighted by Gasteiger charge is 2.00. The topological polar surface area (TPSA) is 78.1 Å². The summed E-state index contributed by atoms with van der Waals surface area (Å²) in [5, 5.41) is 0. The van der Waals surface area contributed by atoms with Crippen LogP contribution in [-0.4, -0.2) is 0 Å². The van der Waals surface area contributed by atoms with E-state index in [-0.39, 0.29) is 50.9 Å². The molecule has 0 atom stereocenters. The van der Waals surface area contributed by atoms with E-state index in [0.29, 0.717) is 0 Å². The van der Waals surface area contributed by atoms with E-state index < -0.39 is 0 Å². The standard InChI is InChI=1S/3C9H13N.3BrH/c3*1-6-4-5-9(10)8(3)7(6)2;;;/h3*4-5H,10H2,1-3H3;3*1H. The molecular formula is C27H42Br3N3. The zero-order valence-electron chi connectivity index (χ0n) is 21.4. The average Bonchev–Trinajstić information content (AvgIpc) is 2.73. The van der Waals surface area contributed by atoms with Gasteiger partial charge in [-0.2, -0.15) is 0 Å². The highest BCUT2D eigenvalue weighted by molar-refractivity contribution is 8.93. The second-order valence-electron chi connectivity index (χ2n) is 8.17. The van der Waals surface area contributed by atoms with Gasteiger partial charge in [-0.15, -0.1) is 50.9 Å². The minimum absolute atomic E-state index is 0. The van der Waals surface area contributed by atoms with Gasteiger partial charge in [0.2, 0.25) is 0 Å². The fraction of sp³-hybridized carbons (Fsp3) is 0.333. The molecule has 0 fully saturated rings. The van der Waals surface area contributed by atoms with Crippen molar-refractivity contribution in [3.8, 4) is 0 Å². The lowest BCUT2D eigenvalue weighted by Crippen LogP contribution is -1.93. The first-order chi connectivity index (χ1) is 13.9. The van der Waals surface area contributed by atoms with Crippen molar-refractivity contribution < 1.29 is 0 Å². The first kappa shape index (κ1) is 36.1. The summed E-state index contributed by atoms with van der Waals surface area (Å²) in [5.74, 6) is 0. The molecule has 0 bridgehead atoms. The molecule has 3 nitrogen and oxygen atoms in total. The van der Waals surface area contributed by atoms with Crippen molar-refractivity contribution in [3.63, 3.8) is 0 Å². The predicted octanol–water partition coefficient (Wildman–Crippen LogP) is 8.32. The molecule has 6 N–H and O–H groups in total. The fourth-order valence-electron chi connectivity index (χ4n) is 2.93. The van der Waals surface area contributed by atoms with Crippen LogP contribution in [0.25, 0.3) is 0 Å². The quantitative estimate of drug-likeness (QED) is 0.215. The smallest absolute Gasteiger partial charge is 0.0346 e. The summed E-state index contributed by atoms with van der Waals surface area (Å²) in [6.45, 7) is 18.8. The molecule has 0 radical (unpaired) electrons. The Kier molecular flexibility index (Phi) is 17.7. The van der Waals surface area contributed by atoms with E-state index in [9.17, 15) is 0 Å². The molecule has 3 aromatic rings. The normalized spacial score (nSPS) is 9.00. The Morgan fingerprint density at radius 3 is 0.667 bits per heavy atom. The van der Waals surface area contributed by atoms with Crippen molar-refractivity contribution in [1.82, 2.24) is 0 Å². The van der Waals surface area contributed by atoms with Gasteiger partial charge in [-0.05, 0) is 131 Å². The van der Waals surface area contributed by atoms with Crippen molar-refractivity contribution in [2.45, 2.75) is 62.3 Å². The first-order valence-electron chi connectivity index (χ1n) is 10.3. The van der Waals surface area contributed by atoms with Crippen LogP contribution >= 0.6 is 50.9 Å². The van der Waals surface area contributed by atoms with E-state index in [4.69, 9.17) is 17.2 Å². The number of hydrogen-bond donors (Lipinski definition) is 3. The molecule has 0 amide bonds. The SMILES string of the molecule is Br.Br.Br.Cc1ccc(N)c(C)c1C.Cc1ccc(N)c(C)c1C.Cc1ccc(N)c(C)c1C. The number of nitrogens with two attached hydrogens (primary N) is 3. The molecule has 0 aliphatic carbocycles. The largest absolute Gasteiger partial charge is 0.399 e.